The molecule has 0 fully saturated rings. The highest BCUT2D eigenvalue weighted by Gasteiger charge is 2.31. The third-order valence-electron chi connectivity index (χ3n) is 5.47. The lowest BCUT2D eigenvalue weighted by molar-refractivity contribution is -0.956. The van der Waals surface area contributed by atoms with Gasteiger partial charge in [0.15, 0.2) is 12.5 Å². The SMILES string of the molecule is CC[C@@H]1c2ccsc2CC[NH+]1Cn1nc(-c2ccccc2OC)n(C)c1=S. The predicted molar refractivity (Wildman–Crippen MR) is 111 cm³/mol. The van der Waals surface area contributed by atoms with Crippen molar-refractivity contribution in [1.82, 2.24) is 14.3 Å². The average Bonchev–Trinajstić information content (AvgIpc) is 3.28. The number of nitrogens with zero attached hydrogens (tertiary/aromatic N) is 3. The van der Waals surface area contributed by atoms with E-state index >= 15 is 0 Å². The molecule has 1 N–H and O–H groups in total. The summed E-state index contributed by atoms with van der Waals surface area (Å²) in [5, 5.41) is 7.10. The van der Waals surface area contributed by atoms with E-state index < -0.39 is 0 Å². The van der Waals surface area contributed by atoms with E-state index in [-0.39, 0.29) is 0 Å². The van der Waals surface area contributed by atoms with E-state index in [2.05, 4.69) is 18.4 Å². The van der Waals surface area contributed by atoms with Crippen LogP contribution in [-0.4, -0.2) is 28.0 Å². The van der Waals surface area contributed by atoms with E-state index in [0.29, 0.717) is 6.04 Å². The Bertz CT molecular complexity index is 1000. The van der Waals surface area contributed by atoms with Crippen LogP contribution in [-0.2, 0) is 20.1 Å². The smallest absolute Gasteiger partial charge is 0.202 e. The molecule has 142 valence electrons. The molecule has 0 saturated heterocycles. The summed E-state index contributed by atoms with van der Waals surface area (Å²) in [6.45, 7) is 4.18. The number of hydrogen-bond donors (Lipinski definition) is 1. The van der Waals surface area contributed by atoms with Gasteiger partial charge in [0.05, 0.1) is 19.2 Å². The molecule has 1 aromatic carbocycles. The van der Waals surface area contributed by atoms with Crippen molar-refractivity contribution in [2.75, 3.05) is 13.7 Å². The Morgan fingerprint density at radius 3 is 2.93 bits per heavy atom. The number of quaternary nitrogens is 1. The third-order valence-corrected chi connectivity index (χ3v) is 6.95. The zero-order valence-corrected chi connectivity index (χ0v) is 17.6. The van der Waals surface area contributed by atoms with Gasteiger partial charge in [0, 0.05) is 30.3 Å². The molecule has 27 heavy (non-hydrogen) atoms. The van der Waals surface area contributed by atoms with Crippen molar-refractivity contribution in [2.45, 2.75) is 32.5 Å². The molecular weight excluding hydrogens is 376 g/mol. The molecule has 0 amide bonds. The Balaban J connectivity index is 1.67. The van der Waals surface area contributed by atoms with Crippen LogP contribution >= 0.6 is 23.6 Å². The first-order valence-electron chi connectivity index (χ1n) is 9.32. The minimum atomic E-state index is 0.513. The largest absolute Gasteiger partial charge is 0.496 e. The van der Waals surface area contributed by atoms with Crippen LogP contribution in [0.3, 0.4) is 0 Å². The first kappa shape index (κ1) is 18.4. The van der Waals surface area contributed by atoms with E-state index in [1.165, 1.54) is 10.5 Å². The van der Waals surface area contributed by atoms with Crippen LogP contribution in [0.4, 0.5) is 0 Å². The highest BCUT2D eigenvalue weighted by molar-refractivity contribution is 7.71. The number of fused-ring (bicyclic) bond motifs is 1. The second-order valence-electron chi connectivity index (χ2n) is 6.94. The first-order valence-corrected chi connectivity index (χ1v) is 10.6. The van der Waals surface area contributed by atoms with E-state index in [9.17, 15) is 0 Å². The van der Waals surface area contributed by atoms with Gasteiger partial charge in [-0.25, -0.2) is 0 Å². The zero-order chi connectivity index (χ0) is 19.0. The maximum absolute atomic E-state index is 5.71. The molecular formula is C20H25N4OS2+. The summed E-state index contributed by atoms with van der Waals surface area (Å²) in [6, 6.07) is 10.8. The molecule has 0 aliphatic carbocycles. The van der Waals surface area contributed by atoms with Crippen LogP contribution in [0.5, 0.6) is 5.75 Å². The minimum absolute atomic E-state index is 0.513. The molecule has 3 aromatic rings. The van der Waals surface area contributed by atoms with Crippen LogP contribution in [0.25, 0.3) is 11.4 Å². The van der Waals surface area contributed by atoms with Gasteiger partial charge >= 0.3 is 0 Å². The molecule has 4 rings (SSSR count). The van der Waals surface area contributed by atoms with Gasteiger partial charge in [0.1, 0.15) is 11.8 Å². The first-order chi connectivity index (χ1) is 13.1. The molecule has 0 spiro atoms. The van der Waals surface area contributed by atoms with Crippen molar-refractivity contribution in [3.8, 4) is 17.1 Å². The van der Waals surface area contributed by atoms with Gasteiger partial charge in [-0.15, -0.1) is 16.4 Å². The number of thiophene rings is 1. The molecule has 5 nitrogen and oxygen atoms in total. The van der Waals surface area contributed by atoms with Crippen LogP contribution in [0.1, 0.15) is 29.8 Å². The summed E-state index contributed by atoms with van der Waals surface area (Å²) >= 11 is 7.60. The van der Waals surface area contributed by atoms with Gasteiger partial charge in [-0.3, -0.25) is 0 Å². The third kappa shape index (κ3) is 3.24. The Morgan fingerprint density at radius 1 is 1.33 bits per heavy atom. The quantitative estimate of drug-likeness (QED) is 0.667. The minimum Gasteiger partial charge on any atom is -0.496 e. The number of aromatic nitrogens is 3. The number of ether oxygens (including phenoxy) is 1. The molecule has 3 heterocycles. The number of para-hydroxylation sites is 1. The fraction of sp³-hybridized carbons (Fsp3) is 0.400. The van der Waals surface area contributed by atoms with E-state index in [1.54, 1.807) is 12.0 Å². The number of rotatable bonds is 5. The Hall–Kier alpha value is -1.96. The second kappa shape index (κ2) is 7.58. The highest BCUT2D eigenvalue weighted by Crippen LogP contribution is 2.29. The molecule has 1 unspecified atom stereocenters. The zero-order valence-electron chi connectivity index (χ0n) is 15.9. The van der Waals surface area contributed by atoms with Crippen LogP contribution in [0, 0.1) is 4.77 Å². The number of hydrogen-bond acceptors (Lipinski definition) is 4. The van der Waals surface area contributed by atoms with Crippen molar-refractivity contribution in [3.63, 3.8) is 0 Å². The maximum atomic E-state index is 5.71. The van der Waals surface area contributed by atoms with Crippen molar-refractivity contribution in [2.24, 2.45) is 7.05 Å². The lowest BCUT2D eigenvalue weighted by Crippen LogP contribution is -3.12. The molecule has 1 aliphatic rings. The summed E-state index contributed by atoms with van der Waals surface area (Å²) in [5.41, 5.74) is 2.48. The molecule has 1 aliphatic heterocycles. The predicted octanol–water partition coefficient (Wildman–Crippen LogP) is 3.24. The molecule has 0 radical (unpaired) electrons. The lowest BCUT2D eigenvalue weighted by Gasteiger charge is -2.31. The van der Waals surface area contributed by atoms with Crippen molar-refractivity contribution in [1.29, 1.82) is 0 Å². The van der Waals surface area contributed by atoms with Gasteiger partial charge in [-0.2, -0.15) is 4.68 Å². The summed E-state index contributed by atoms with van der Waals surface area (Å²) in [6.07, 6.45) is 2.26. The summed E-state index contributed by atoms with van der Waals surface area (Å²) < 4.78 is 10.2. The van der Waals surface area contributed by atoms with E-state index in [1.807, 2.05) is 51.9 Å². The van der Waals surface area contributed by atoms with Gasteiger partial charge in [0.2, 0.25) is 4.77 Å². The Kier molecular flexibility index (Phi) is 5.16. The number of nitrogens with one attached hydrogen (secondary N) is 1. The second-order valence-corrected chi connectivity index (χ2v) is 8.31. The van der Waals surface area contributed by atoms with Crippen molar-refractivity contribution >= 4 is 23.6 Å². The Labute approximate surface area is 168 Å². The average molecular weight is 402 g/mol. The van der Waals surface area contributed by atoms with Crippen LogP contribution < -0.4 is 9.64 Å². The topological polar surface area (TPSA) is 36.4 Å². The molecule has 2 atom stereocenters. The monoisotopic (exact) mass is 401 g/mol. The summed E-state index contributed by atoms with van der Waals surface area (Å²) in [4.78, 5) is 3.08. The standard InChI is InChI=1S/C20H24N4OS2/c1-4-16-14-10-12-27-18(14)9-11-23(16)13-24-20(26)22(2)19(21-24)15-7-5-6-8-17(15)25-3/h5-8,10,12,16H,4,9,11,13H2,1-3H3/p+1/t16-/m1/s1. The normalized spacial score (nSPS) is 19.1. The van der Waals surface area contributed by atoms with Crippen LogP contribution in [0.15, 0.2) is 35.7 Å². The van der Waals surface area contributed by atoms with Gasteiger partial charge in [0.25, 0.3) is 0 Å². The number of benzene rings is 1. The fourth-order valence-electron chi connectivity index (χ4n) is 4.08. The van der Waals surface area contributed by atoms with E-state index in [0.717, 1.165) is 48.0 Å². The number of methoxy groups -OCH3 is 1. The molecule has 0 saturated carbocycles. The van der Waals surface area contributed by atoms with E-state index in [4.69, 9.17) is 22.1 Å². The summed E-state index contributed by atoms with van der Waals surface area (Å²) in [7, 11) is 3.67. The van der Waals surface area contributed by atoms with Crippen molar-refractivity contribution in [3.05, 3.63) is 50.9 Å². The molecule has 7 heteroatoms. The Morgan fingerprint density at radius 2 is 2.15 bits per heavy atom. The van der Waals surface area contributed by atoms with Crippen LogP contribution in [0.2, 0.25) is 0 Å². The molecule has 0 bridgehead atoms. The van der Waals surface area contributed by atoms with Gasteiger partial charge < -0.3 is 14.2 Å². The van der Waals surface area contributed by atoms with Gasteiger partial charge in [-0.1, -0.05) is 19.1 Å². The fourth-order valence-corrected chi connectivity index (χ4v) is 5.21. The lowest BCUT2D eigenvalue weighted by atomic mass is 9.98. The van der Waals surface area contributed by atoms with Crippen molar-refractivity contribution < 1.29 is 9.64 Å². The maximum Gasteiger partial charge on any atom is 0.202 e. The highest BCUT2D eigenvalue weighted by atomic mass is 32.1. The van der Waals surface area contributed by atoms with Gasteiger partial charge in [-0.05, 0) is 35.8 Å². The summed E-state index contributed by atoms with van der Waals surface area (Å²) in [5.74, 6) is 1.66. The molecule has 2 aromatic heterocycles.